The third-order valence-corrected chi connectivity index (χ3v) is 3.63. The van der Waals surface area contributed by atoms with Gasteiger partial charge in [0.15, 0.2) is 11.6 Å². The van der Waals surface area contributed by atoms with Crippen molar-refractivity contribution in [3.63, 3.8) is 0 Å². The average molecular weight is 326 g/mol. The van der Waals surface area contributed by atoms with Crippen molar-refractivity contribution < 1.29 is 8.78 Å². The molecule has 19 heavy (non-hydrogen) atoms. The fraction of sp³-hybridized carbons (Fsp3) is 0.200. The molecule has 0 fully saturated rings. The Kier molecular flexibility index (Phi) is 4.32. The first-order valence-corrected chi connectivity index (χ1v) is 6.71. The predicted octanol–water partition coefficient (Wildman–Crippen LogP) is 4.34. The van der Waals surface area contributed by atoms with Crippen LogP contribution in [0.15, 0.2) is 40.9 Å². The van der Waals surface area contributed by atoms with Gasteiger partial charge < -0.3 is 5.32 Å². The number of hydrogen-bond acceptors (Lipinski definition) is 1. The van der Waals surface area contributed by atoms with E-state index < -0.39 is 11.6 Å². The summed E-state index contributed by atoms with van der Waals surface area (Å²) in [5, 5.41) is 3.04. The van der Waals surface area contributed by atoms with Crippen molar-refractivity contribution in [2.45, 2.75) is 13.0 Å². The van der Waals surface area contributed by atoms with Gasteiger partial charge in [-0.3, -0.25) is 0 Å². The Balaban J connectivity index is 2.56. The van der Waals surface area contributed by atoms with Crippen molar-refractivity contribution >= 4 is 15.9 Å². The summed E-state index contributed by atoms with van der Waals surface area (Å²) >= 11 is 3.40. The molecule has 0 amide bonds. The molecular weight excluding hydrogens is 312 g/mol. The van der Waals surface area contributed by atoms with Crippen LogP contribution in [0.3, 0.4) is 0 Å². The molecule has 2 aromatic carbocycles. The molecule has 1 atom stereocenters. The molecule has 0 radical (unpaired) electrons. The highest BCUT2D eigenvalue weighted by Crippen LogP contribution is 2.29. The van der Waals surface area contributed by atoms with Crippen LogP contribution in [0, 0.1) is 18.6 Å². The maximum Gasteiger partial charge on any atom is 0.163 e. The third kappa shape index (κ3) is 2.85. The van der Waals surface area contributed by atoms with E-state index in [1.165, 1.54) is 6.07 Å². The van der Waals surface area contributed by atoms with Crippen LogP contribution in [-0.2, 0) is 0 Å². The zero-order chi connectivity index (χ0) is 14.0. The zero-order valence-corrected chi connectivity index (χ0v) is 12.3. The number of hydrogen-bond donors (Lipinski definition) is 1. The lowest BCUT2D eigenvalue weighted by atomic mass is 9.94. The number of halogens is 3. The van der Waals surface area contributed by atoms with E-state index in [-0.39, 0.29) is 6.04 Å². The maximum atomic E-state index is 13.9. The van der Waals surface area contributed by atoms with Crippen molar-refractivity contribution in [1.29, 1.82) is 0 Å². The number of nitrogens with one attached hydrogen (secondary N) is 1. The van der Waals surface area contributed by atoms with Crippen LogP contribution in [0.2, 0.25) is 0 Å². The van der Waals surface area contributed by atoms with E-state index >= 15 is 0 Å². The van der Waals surface area contributed by atoms with Crippen LogP contribution in [0.1, 0.15) is 22.7 Å². The Labute approximate surface area is 119 Å². The summed E-state index contributed by atoms with van der Waals surface area (Å²) in [5.41, 5.74) is 2.25. The molecule has 0 saturated carbocycles. The van der Waals surface area contributed by atoms with E-state index in [2.05, 4.69) is 21.2 Å². The van der Waals surface area contributed by atoms with Gasteiger partial charge in [-0.15, -0.1) is 0 Å². The van der Waals surface area contributed by atoms with Gasteiger partial charge in [0.05, 0.1) is 6.04 Å². The van der Waals surface area contributed by atoms with Gasteiger partial charge in [-0.2, -0.15) is 0 Å². The summed E-state index contributed by atoms with van der Waals surface area (Å²) in [6, 6.07) is 9.65. The monoisotopic (exact) mass is 325 g/mol. The van der Waals surface area contributed by atoms with Gasteiger partial charge in [-0.25, -0.2) is 8.78 Å². The Bertz CT molecular complexity index is 597. The van der Waals surface area contributed by atoms with Crippen LogP contribution in [0.4, 0.5) is 8.78 Å². The molecule has 0 spiro atoms. The van der Waals surface area contributed by atoms with E-state index in [0.717, 1.165) is 21.7 Å². The molecule has 2 aromatic rings. The SMILES string of the molecule is CNC(c1cc(Br)ccc1C)c1cccc(F)c1F. The van der Waals surface area contributed by atoms with Crippen molar-refractivity contribution in [3.05, 3.63) is 69.2 Å². The fourth-order valence-corrected chi connectivity index (χ4v) is 2.52. The van der Waals surface area contributed by atoms with Crippen molar-refractivity contribution in [1.82, 2.24) is 5.32 Å². The average Bonchev–Trinajstić information content (AvgIpc) is 2.39. The zero-order valence-electron chi connectivity index (χ0n) is 10.7. The lowest BCUT2D eigenvalue weighted by molar-refractivity contribution is 0.487. The molecular formula is C15H14BrF2N. The predicted molar refractivity (Wildman–Crippen MR) is 76.1 cm³/mol. The molecule has 0 aromatic heterocycles. The van der Waals surface area contributed by atoms with Gasteiger partial charge in [0.25, 0.3) is 0 Å². The highest BCUT2D eigenvalue weighted by Gasteiger charge is 2.20. The van der Waals surface area contributed by atoms with Crippen LogP contribution in [0.5, 0.6) is 0 Å². The standard InChI is InChI=1S/C15H14BrF2N/c1-9-6-7-10(16)8-12(9)15(19-2)11-4-3-5-13(17)14(11)18/h3-8,15,19H,1-2H3. The molecule has 0 heterocycles. The quantitative estimate of drug-likeness (QED) is 0.884. The smallest absolute Gasteiger partial charge is 0.163 e. The van der Waals surface area contributed by atoms with Crippen LogP contribution in [0.25, 0.3) is 0 Å². The van der Waals surface area contributed by atoms with E-state index in [0.29, 0.717) is 5.56 Å². The summed E-state index contributed by atoms with van der Waals surface area (Å²) in [6.07, 6.45) is 0. The van der Waals surface area contributed by atoms with Gasteiger partial charge >= 0.3 is 0 Å². The molecule has 100 valence electrons. The summed E-state index contributed by atoms with van der Waals surface area (Å²) in [7, 11) is 1.73. The molecule has 0 aliphatic carbocycles. The van der Waals surface area contributed by atoms with Crippen molar-refractivity contribution in [2.75, 3.05) is 7.05 Å². The van der Waals surface area contributed by atoms with Crippen molar-refractivity contribution in [2.24, 2.45) is 0 Å². The fourth-order valence-electron chi connectivity index (χ4n) is 2.14. The van der Waals surface area contributed by atoms with Gasteiger partial charge in [0.2, 0.25) is 0 Å². The van der Waals surface area contributed by atoms with Gasteiger partial charge in [-0.05, 0) is 43.3 Å². The second-order valence-electron chi connectivity index (χ2n) is 4.37. The molecule has 0 bridgehead atoms. The second kappa shape index (κ2) is 5.80. The van der Waals surface area contributed by atoms with Crippen molar-refractivity contribution in [3.8, 4) is 0 Å². The van der Waals surface area contributed by atoms with E-state index in [1.807, 2.05) is 25.1 Å². The highest BCUT2D eigenvalue weighted by molar-refractivity contribution is 9.10. The molecule has 0 saturated heterocycles. The minimum Gasteiger partial charge on any atom is -0.309 e. The van der Waals surface area contributed by atoms with Gasteiger partial charge in [0, 0.05) is 10.0 Å². The molecule has 1 N–H and O–H groups in total. The second-order valence-corrected chi connectivity index (χ2v) is 5.28. The Morgan fingerprint density at radius 3 is 2.53 bits per heavy atom. The highest BCUT2D eigenvalue weighted by atomic mass is 79.9. The van der Waals surface area contributed by atoms with Crippen LogP contribution in [-0.4, -0.2) is 7.05 Å². The third-order valence-electron chi connectivity index (χ3n) is 3.13. The normalized spacial score (nSPS) is 12.5. The first kappa shape index (κ1) is 14.2. The molecule has 1 unspecified atom stereocenters. The first-order valence-electron chi connectivity index (χ1n) is 5.92. The lowest BCUT2D eigenvalue weighted by Gasteiger charge is -2.20. The topological polar surface area (TPSA) is 12.0 Å². The minimum absolute atomic E-state index is 0.309. The molecule has 2 rings (SSSR count). The van der Waals surface area contributed by atoms with Crippen LogP contribution < -0.4 is 5.32 Å². The molecule has 4 heteroatoms. The minimum atomic E-state index is -0.828. The number of benzene rings is 2. The van der Waals surface area contributed by atoms with E-state index in [1.54, 1.807) is 13.1 Å². The van der Waals surface area contributed by atoms with Gasteiger partial charge in [0.1, 0.15) is 0 Å². The molecule has 0 aliphatic heterocycles. The van der Waals surface area contributed by atoms with E-state index in [9.17, 15) is 8.78 Å². The molecule has 0 aliphatic rings. The Hall–Kier alpha value is -1.26. The lowest BCUT2D eigenvalue weighted by Crippen LogP contribution is -2.20. The Morgan fingerprint density at radius 2 is 1.84 bits per heavy atom. The Morgan fingerprint density at radius 1 is 1.11 bits per heavy atom. The maximum absolute atomic E-state index is 13.9. The van der Waals surface area contributed by atoms with E-state index in [4.69, 9.17) is 0 Å². The first-order chi connectivity index (χ1) is 9.04. The largest absolute Gasteiger partial charge is 0.309 e. The molecule has 1 nitrogen and oxygen atoms in total. The van der Waals surface area contributed by atoms with Gasteiger partial charge in [-0.1, -0.05) is 34.1 Å². The summed E-state index contributed by atoms with van der Waals surface area (Å²) in [6.45, 7) is 1.95. The summed E-state index contributed by atoms with van der Waals surface area (Å²) < 4.78 is 28.2. The number of aryl methyl sites for hydroxylation is 1. The van der Waals surface area contributed by atoms with Crippen LogP contribution >= 0.6 is 15.9 Å². The summed E-state index contributed by atoms with van der Waals surface area (Å²) in [5.74, 6) is -1.63. The number of rotatable bonds is 3. The summed E-state index contributed by atoms with van der Waals surface area (Å²) in [4.78, 5) is 0.